The number of fused-ring (bicyclic) bond motifs is 4. The molecule has 7 rings (SSSR count). The Bertz CT molecular complexity index is 1570. The summed E-state index contributed by atoms with van der Waals surface area (Å²) >= 11 is 0. The molecule has 2 atom stereocenters. The van der Waals surface area contributed by atoms with E-state index in [2.05, 4.69) is 85.7 Å². The monoisotopic (exact) mass is 490 g/mol. The number of likely N-dealkylation sites (N-methyl/N-ethyl adjacent to an activating group) is 1. The molecule has 4 heteroatoms. The van der Waals surface area contributed by atoms with Crippen LogP contribution < -0.4 is 26.1 Å². The Kier molecular flexibility index (Phi) is 4.79. The molecule has 0 radical (unpaired) electrons. The molecule has 0 aliphatic carbocycles. The van der Waals surface area contributed by atoms with Crippen molar-refractivity contribution in [3.63, 3.8) is 0 Å². The van der Waals surface area contributed by atoms with Gasteiger partial charge in [-0.25, -0.2) is 0 Å². The highest BCUT2D eigenvalue weighted by molar-refractivity contribution is 7.85. The predicted molar refractivity (Wildman–Crippen MR) is 152 cm³/mol. The maximum Gasteiger partial charge on any atom is 0.171 e. The molecule has 36 heavy (non-hydrogen) atoms. The van der Waals surface area contributed by atoms with Crippen LogP contribution in [0.4, 0.5) is 11.4 Å². The number of benzene rings is 4. The van der Waals surface area contributed by atoms with E-state index in [0.29, 0.717) is 0 Å². The number of anilines is 2. The molecule has 0 fully saturated rings. The van der Waals surface area contributed by atoms with E-state index in [-0.39, 0.29) is 5.92 Å². The van der Waals surface area contributed by atoms with Crippen LogP contribution in [-0.2, 0) is 17.4 Å². The molecule has 0 spiro atoms. The summed E-state index contributed by atoms with van der Waals surface area (Å²) in [6.07, 6.45) is 2.05. The van der Waals surface area contributed by atoms with Crippen molar-refractivity contribution in [3.8, 4) is 0 Å². The normalized spacial score (nSPS) is 21.4. The number of nitrogens with zero attached hydrogens (tertiary/aromatic N) is 1. The van der Waals surface area contributed by atoms with E-state index in [0.717, 1.165) is 47.5 Å². The third-order valence-corrected chi connectivity index (χ3v) is 11.7. The first-order valence-corrected chi connectivity index (χ1v) is 14.7. The van der Waals surface area contributed by atoms with Crippen LogP contribution in [0.1, 0.15) is 44.9 Å². The summed E-state index contributed by atoms with van der Waals surface area (Å²) in [6, 6.07) is 26.1. The van der Waals surface area contributed by atoms with Crippen molar-refractivity contribution in [1.29, 1.82) is 0 Å². The second kappa shape index (κ2) is 7.85. The van der Waals surface area contributed by atoms with Crippen LogP contribution in [0.15, 0.2) is 72.8 Å². The van der Waals surface area contributed by atoms with Crippen molar-refractivity contribution in [2.24, 2.45) is 0 Å². The molecular weight excluding hydrogens is 459 g/mol. The van der Waals surface area contributed by atoms with Gasteiger partial charge in [0.15, 0.2) is 7.14 Å². The van der Waals surface area contributed by atoms with Gasteiger partial charge in [0.2, 0.25) is 0 Å². The molecule has 1 N–H and O–H groups in total. The lowest BCUT2D eigenvalue weighted by Gasteiger charge is -2.37. The molecule has 4 aromatic rings. The molecule has 0 saturated carbocycles. The van der Waals surface area contributed by atoms with Crippen LogP contribution in [0.2, 0.25) is 0 Å². The maximum absolute atomic E-state index is 15.7. The molecule has 180 valence electrons. The lowest BCUT2D eigenvalue weighted by Crippen LogP contribution is -2.37. The van der Waals surface area contributed by atoms with Crippen molar-refractivity contribution in [2.75, 3.05) is 30.4 Å². The molecule has 2 unspecified atom stereocenters. The van der Waals surface area contributed by atoms with Crippen LogP contribution in [0.5, 0.6) is 0 Å². The number of nitrogens with one attached hydrogen (secondary N) is 1. The topological polar surface area (TPSA) is 32.3 Å². The first kappa shape index (κ1) is 21.9. The Hall–Kier alpha value is -3.29. The SMILES string of the molecule is Cc1cccc(C)c1C1c2cc3c(cc2P(=O)(c2ccccc2)c2cc4c(cc21)CCN4C)NCC3. The summed E-state index contributed by atoms with van der Waals surface area (Å²) in [6.45, 7) is 6.40. The van der Waals surface area contributed by atoms with Crippen LogP contribution in [0.25, 0.3) is 0 Å². The van der Waals surface area contributed by atoms with E-state index in [1.807, 2.05) is 18.2 Å². The van der Waals surface area contributed by atoms with E-state index < -0.39 is 7.14 Å². The lowest BCUT2D eigenvalue weighted by atomic mass is 9.79. The van der Waals surface area contributed by atoms with Crippen LogP contribution >= 0.6 is 7.14 Å². The van der Waals surface area contributed by atoms with E-state index in [1.165, 1.54) is 44.6 Å². The number of aryl methyl sites for hydroxylation is 2. The molecular formula is C32H31N2OP. The molecule has 3 heterocycles. The predicted octanol–water partition coefficient (Wildman–Crippen LogP) is 5.40. The smallest absolute Gasteiger partial charge is 0.171 e. The van der Waals surface area contributed by atoms with E-state index in [9.17, 15) is 0 Å². The Morgan fingerprint density at radius 1 is 0.833 bits per heavy atom. The summed E-state index contributed by atoms with van der Waals surface area (Å²) in [5, 5.41) is 6.50. The van der Waals surface area contributed by atoms with Crippen molar-refractivity contribution in [3.05, 3.63) is 112 Å². The van der Waals surface area contributed by atoms with Gasteiger partial charge in [0.05, 0.1) is 0 Å². The minimum atomic E-state index is -3.09. The second-order valence-electron chi connectivity index (χ2n) is 10.6. The van der Waals surface area contributed by atoms with Crippen LogP contribution in [-0.4, -0.2) is 20.1 Å². The Morgan fingerprint density at radius 3 is 2.28 bits per heavy atom. The van der Waals surface area contributed by atoms with Crippen LogP contribution in [0.3, 0.4) is 0 Å². The van der Waals surface area contributed by atoms with Crippen molar-refractivity contribution in [2.45, 2.75) is 32.6 Å². The van der Waals surface area contributed by atoms with Gasteiger partial charge in [0.25, 0.3) is 0 Å². The highest BCUT2D eigenvalue weighted by atomic mass is 31.2. The minimum Gasteiger partial charge on any atom is -0.384 e. The van der Waals surface area contributed by atoms with Gasteiger partial charge in [0, 0.05) is 53.3 Å². The fourth-order valence-electron chi connectivity index (χ4n) is 6.78. The van der Waals surface area contributed by atoms with Gasteiger partial charge in [-0.05, 0) is 77.8 Å². The third-order valence-electron chi connectivity index (χ3n) is 8.57. The standard InChI is InChI=1S/C32H31N2OP/c1-20-8-7-9-21(2)31(20)32-25-16-22-12-14-33-27(22)18-29(25)36(35,24-10-5-4-6-11-24)30-19-28-23(17-26(30)32)13-15-34(28)3/h4-11,16-19,32-33H,12-15H2,1-3H3. The van der Waals surface area contributed by atoms with E-state index >= 15 is 4.57 Å². The highest BCUT2D eigenvalue weighted by Crippen LogP contribution is 2.55. The number of hydrogen-bond acceptors (Lipinski definition) is 3. The molecule has 0 aromatic heterocycles. The summed E-state index contributed by atoms with van der Waals surface area (Å²) < 4.78 is 15.7. The van der Waals surface area contributed by atoms with E-state index in [1.54, 1.807) is 0 Å². The summed E-state index contributed by atoms with van der Waals surface area (Å²) in [5.74, 6) is 0.0732. The first-order valence-electron chi connectivity index (χ1n) is 13.0. The zero-order valence-corrected chi connectivity index (χ0v) is 22.0. The number of rotatable bonds is 2. The first-order chi connectivity index (χ1) is 17.5. The minimum absolute atomic E-state index is 0.0732. The lowest BCUT2D eigenvalue weighted by molar-refractivity contribution is 0.591. The summed E-state index contributed by atoms with van der Waals surface area (Å²) in [4.78, 5) is 2.32. The van der Waals surface area contributed by atoms with Crippen molar-refractivity contribution < 1.29 is 4.57 Å². The fourth-order valence-corrected chi connectivity index (χ4v) is 9.91. The van der Waals surface area contributed by atoms with Gasteiger partial charge < -0.3 is 14.8 Å². The van der Waals surface area contributed by atoms with Gasteiger partial charge in [0.1, 0.15) is 0 Å². The Morgan fingerprint density at radius 2 is 1.53 bits per heavy atom. The largest absolute Gasteiger partial charge is 0.384 e. The molecule has 3 aliphatic heterocycles. The Labute approximate surface area is 213 Å². The Balaban J connectivity index is 1.63. The quantitative estimate of drug-likeness (QED) is 0.337. The maximum atomic E-state index is 15.7. The van der Waals surface area contributed by atoms with Gasteiger partial charge in [-0.3, -0.25) is 0 Å². The van der Waals surface area contributed by atoms with Crippen molar-refractivity contribution in [1.82, 2.24) is 0 Å². The average Bonchev–Trinajstić information content (AvgIpc) is 3.50. The second-order valence-corrected chi connectivity index (χ2v) is 13.3. The molecule has 0 bridgehead atoms. The van der Waals surface area contributed by atoms with E-state index in [4.69, 9.17) is 0 Å². The zero-order valence-electron chi connectivity index (χ0n) is 21.1. The third kappa shape index (κ3) is 2.96. The van der Waals surface area contributed by atoms with Gasteiger partial charge >= 0.3 is 0 Å². The van der Waals surface area contributed by atoms with Gasteiger partial charge in [-0.1, -0.05) is 60.7 Å². The molecule has 3 nitrogen and oxygen atoms in total. The number of hydrogen-bond donors (Lipinski definition) is 1. The molecule has 4 aromatic carbocycles. The highest BCUT2D eigenvalue weighted by Gasteiger charge is 2.44. The summed E-state index contributed by atoms with van der Waals surface area (Å²) in [7, 11) is -0.936. The molecule has 0 saturated heterocycles. The summed E-state index contributed by atoms with van der Waals surface area (Å²) in [5.41, 5.74) is 11.5. The van der Waals surface area contributed by atoms with Crippen LogP contribution in [0, 0.1) is 13.8 Å². The zero-order chi connectivity index (χ0) is 24.6. The van der Waals surface area contributed by atoms with Crippen molar-refractivity contribution >= 4 is 34.4 Å². The molecule has 0 amide bonds. The fraction of sp³-hybridized carbons (Fsp3) is 0.250. The average molecular weight is 491 g/mol. The van der Waals surface area contributed by atoms with Gasteiger partial charge in [-0.15, -0.1) is 0 Å². The van der Waals surface area contributed by atoms with Gasteiger partial charge in [-0.2, -0.15) is 0 Å². The molecule has 3 aliphatic rings.